The van der Waals surface area contributed by atoms with Crippen LogP contribution >= 0.6 is 11.5 Å². The van der Waals surface area contributed by atoms with Gasteiger partial charge >= 0.3 is 0 Å². The van der Waals surface area contributed by atoms with Gasteiger partial charge in [-0.05, 0) is 60.3 Å². The van der Waals surface area contributed by atoms with Crippen molar-refractivity contribution in [3.63, 3.8) is 0 Å². The smallest absolute Gasteiger partial charge is 0.267 e. The van der Waals surface area contributed by atoms with Gasteiger partial charge in [-0.15, -0.1) is 5.10 Å². The van der Waals surface area contributed by atoms with Crippen LogP contribution in [0.4, 0.5) is 0 Å². The van der Waals surface area contributed by atoms with Crippen molar-refractivity contribution in [2.45, 2.75) is 19.8 Å². The summed E-state index contributed by atoms with van der Waals surface area (Å²) in [5.74, 6) is 0.625. The van der Waals surface area contributed by atoms with Gasteiger partial charge in [0.1, 0.15) is 10.6 Å². The maximum atomic E-state index is 13.1. The van der Waals surface area contributed by atoms with Crippen molar-refractivity contribution in [3.05, 3.63) is 52.5 Å². The lowest BCUT2D eigenvalue weighted by Gasteiger charge is -2.31. The summed E-state index contributed by atoms with van der Waals surface area (Å²) in [5, 5.41) is 5.95. The van der Waals surface area contributed by atoms with Crippen LogP contribution in [0.3, 0.4) is 0 Å². The molecule has 28 heavy (non-hydrogen) atoms. The Bertz CT molecular complexity index is 1050. The third-order valence-corrected chi connectivity index (χ3v) is 6.07. The molecular weight excluding hydrogens is 374 g/mol. The van der Waals surface area contributed by atoms with Gasteiger partial charge in [0.25, 0.3) is 5.91 Å². The van der Waals surface area contributed by atoms with Crippen LogP contribution in [0.5, 0.6) is 5.75 Å². The van der Waals surface area contributed by atoms with Crippen LogP contribution in [0.25, 0.3) is 10.8 Å². The normalized spacial score (nSPS) is 16.9. The van der Waals surface area contributed by atoms with Crippen molar-refractivity contribution < 1.29 is 14.3 Å². The highest BCUT2D eigenvalue weighted by Crippen LogP contribution is 2.26. The topological polar surface area (TPSA) is 72.4 Å². The third-order valence-electron chi connectivity index (χ3n) is 5.26. The van der Waals surface area contributed by atoms with Crippen LogP contribution < -0.4 is 4.74 Å². The average Bonchev–Trinajstić information content (AvgIpc) is 3.17. The van der Waals surface area contributed by atoms with E-state index in [9.17, 15) is 9.59 Å². The summed E-state index contributed by atoms with van der Waals surface area (Å²) in [6.07, 6.45) is 1.61. The molecule has 0 N–H and O–H groups in total. The van der Waals surface area contributed by atoms with Crippen LogP contribution in [0.1, 0.15) is 38.6 Å². The fourth-order valence-electron chi connectivity index (χ4n) is 3.69. The second-order valence-corrected chi connectivity index (χ2v) is 7.82. The third kappa shape index (κ3) is 3.49. The Kier molecular flexibility index (Phi) is 5.09. The molecule has 1 aliphatic rings. The number of likely N-dealkylation sites (tertiary alicyclic amines) is 1. The van der Waals surface area contributed by atoms with E-state index < -0.39 is 0 Å². The minimum atomic E-state index is -0.186. The van der Waals surface area contributed by atoms with E-state index in [1.807, 2.05) is 36.4 Å². The predicted octanol–water partition coefficient (Wildman–Crippen LogP) is 3.74. The SMILES string of the molecule is COc1ccc2cc(C(=O)[C@@H]3CCCN(C(=O)c4snnc4C)C3)ccc2c1. The largest absolute Gasteiger partial charge is 0.497 e. The van der Waals surface area contributed by atoms with Crippen molar-refractivity contribution in [2.24, 2.45) is 5.92 Å². The molecular formula is C21H21N3O3S. The van der Waals surface area contributed by atoms with E-state index >= 15 is 0 Å². The zero-order valence-electron chi connectivity index (χ0n) is 15.8. The summed E-state index contributed by atoms with van der Waals surface area (Å²) in [6.45, 7) is 2.89. The van der Waals surface area contributed by atoms with E-state index in [1.165, 1.54) is 0 Å². The molecule has 1 aromatic heterocycles. The fraction of sp³-hybridized carbons (Fsp3) is 0.333. The Labute approximate surface area is 167 Å². The first-order chi connectivity index (χ1) is 13.6. The van der Waals surface area contributed by atoms with Gasteiger partial charge in [-0.3, -0.25) is 9.59 Å². The lowest BCUT2D eigenvalue weighted by atomic mass is 9.89. The zero-order valence-corrected chi connectivity index (χ0v) is 16.7. The van der Waals surface area contributed by atoms with Gasteiger partial charge in [-0.1, -0.05) is 22.7 Å². The number of ketones is 1. The van der Waals surface area contributed by atoms with Crippen molar-refractivity contribution in [1.82, 2.24) is 14.5 Å². The highest BCUT2D eigenvalue weighted by Gasteiger charge is 2.31. The molecule has 2 heterocycles. The van der Waals surface area contributed by atoms with Crippen molar-refractivity contribution in [3.8, 4) is 5.75 Å². The van der Waals surface area contributed by atoms with Gasteiger partial charge < -0.3 is 9.64 Å². The van der Waals surface area contributed by atoms with Gasteiger partial charge in [-0.2, -0.15) is 0 Å². The molecule has 3 aromatic rings. The Morgan fingerprint density at radius 1 is 1.18 bits per heavy atom. The number of aromatic nitrogens is 2. The summed E-state index contributed by atoms with van der Waals surface area (Å²) in [4.78, 5) is 28.2. The summed E-state index contributed by atoms with van der Waals surface area (Å²) < 4.78 is 9.10. The van der Waals surface area contributed by atoms with Gasteiger partial charge in [0.15, 0.2) is 5.78 Å². The maximum absolute atomic E-state index is 13.1. The second-order valence-electron chi connectivity index (χ2n) is 7.07. The van der Waals surface area contributed by atoms with Gasteiger partial charge in [0.05, 0.1) is 12.8 Å². The molecule has 1 amide bonds. The molecule has 0 radical (unpaired) electrons. The van der Waals surface area contributed by atoms with Crippen LogP contribution in [0.2, 0.25) is 0 Å². The van der Waals surface area contributed by atoms with Crippen LogP contribution in [-0.4, -0.2) is 46.4 Å². The van der Waals surface area contributed by atoms with E-state index in [0.717, 1.165) is 40.9 Å². The number of Topliss-reactive ketones (excluding diaryl/α,β-unsaturated/α-hetero) is 1. The number of hydrogen-bond donors (Lipinski definition) is 0. The number of hydrogen-bond acceptors (Lipinski definition) is 6. The standard InChI is InChI=1S/C21H21N3O3S/c1-13-20(28-23-22-13)21(26)24-9-3-4-17(12-24)19(25)16-6-5-15-11-18(27-2)8-7-14(15)10-16/h5-8,10-11,17H,3-4,9,12H2,1-2H3/t17-/m1/s1. The lowest BCUT2D eigenvalue weighted by Crippen LogP contribution is -2.42. The highest BCUT2D eigenvalue weighted by atomic mass is 32.1. The first kappa shape index (κ1) is 18.6. The number of methoxy groups -OCH3 is 1. The first-order valence-electron chi connectivity index (χ1n) is 9.27. The molecule has 0 spiro atoms. The maximum Gasteiger partial charge on any atom is 0.267 e. The number of carbonyl (C=O) groups is 2. The quantitative estimate of drug-likeness (QED) is 0.629. The summed E-state index contributed by atoms with van der Waals surface area (Å²) in [7, 11) is 1.64. The minimum Gasteiger partial charge on any atom is -0.497 e. The molecule has 0 bridgehead atoms. The molecule has 1 saturated heterocycles. The number of rotatable bonds is 4. The van der Waals surface area contributed by atoms with Crippen molar-refractivity contribution in [1.29, 1.82) is 0 Å². The molecule has 6 nitrogen and oxygen atoms in total. The number of benzene rings is 2. The molecule has 1 fully saturated rings. The van der Waals surface area contributed by atoms with Crippen molar-refractivity contribution in [2.75, 3.05) is 20.2 Å². The fourth-order valence-corrected chi connectivity index (χ4v) is 4.31. The first-order valence-corrected chi connectivity index (χ1v) is 10.0. The van der Waals surface area contributed by atoms with E-state index in [1.54, 1.807) is 18.9 Å². The second kappa shape index (κ2) is 7.67. The van der Waals surface area contributed by atoms with E-state index in [2.05, 4.69) is 9.59 Å². The minimum absolute atomic E-state index is 0.0735. The molecule has 4 rings (SSSR count). The molecule has 1 aliphatic heterocycles. The number of amides is 1. The Balaban J connectivity index is 1.53. The van der Waals surface area contributed by atoms with Gasteiger partial charge in [-0.25, -0.2) is 0 Å². The van der Waals surface area contributed by atoms with E-state index in [0.29, 0.717) is 29.2 Å². The number of fused-ring (bicyclic) bond motifs is 1. The lowest BCUT2D eigenvalue weighted by molar-refractivity contribution is 0.0640. The molecule has 2 aromatic carbocycles. The summed E-state index contributed by atoms with van der Waals surface area (Å²) in [5.41, 5.74) is 1.33. The average molecular weight is 395 g/mol. The molecule has 0 unspecified atom stereocenters. The van der Waals surface area contributed by atoms with Crippen LogP contribution in [-0.2, 0) is 0 Å². The Morgan fingerprint density at radius 3 is 2.71 bits per heavy atom. The zero-order chi connectivity index (χ0) is 19.7. The van der Waals surface area contributed by atoms with Crippen LogP contribution in [0.15, 0.2) is 36.4 Å². The monoisotopic (exact) mass is 395 g/mol. The molecule has 0 saturated carbocycles. The van der Waals surface area contributed by atoms with E-state index in [4.69, 9.17) is 4.74 Å². The summed E-state index contributed by atoms with van der Waals surface area (Å²) >= 11 is 1.11. The number of piperidine rings is 1. The van der Waals surface area contributed by atoms with E-state index in [-0.39, 0.29) is 17.6 Å². The molecule has 144 valence electrons. The summed E-state index contributed by atoms with van der Waals surface area (Å²) in [6, 6.07) is 11.5. The number of carbonyl (C=O) groups excluding carboxylic acids is 2. The van der Waals surface area contributed by atoms with Crippen LogP contribution in [0, 0.1) is 12.8 Å². The Morgan fingerprint density at radius 2 is 1.96 bits per heavy atom. The number of nitrogens with zero attached hydrogens (tertiary/aromatic N) is 3. The molecule has 7 heteroatoms. The predicted molar refractivity (Wildman–Crippen MR) is 108 cm³/mol. The number of aryl methyl sites for hydroxylation is 1. The highest BCUT2D eigenvalue weighted by molar-refractivity contribution is 7.07. The molecule has 1 atom stereocenters. The molecule has 0 aliphatic carbocycles. The van der Waals surface area contributed by atoms with Gasteiger partial charge in [0.2, 0.25) is 0 Å². The number of ether oxygens (including phenoxy) is 1. The van der Waals surface area contributed by atoms with Crippen molar-refractivity contribution >= 4 is 34.0 Å². The van der Waals surface area contributed by atoms with Gasteiger partial charge in [0, 0.05) is 24.6 Å². The Hall–Kier alpha value is -2.80.